The molecule has 0 aliphatic carbocycles. The molecule has 0 radical (unpaired) electrons. The SMILES string of the molecule is CCOc1cc(/C=C2\N=C(c3cc(I)ccc3Cl)OC2=O)cc(I)c1OCc1cccc(I)c1. The molecule has 174 valence electrons. The van der Waals surface area contributed by atoms with Gasteiger partial charge < -0.3 is 14.2 Å². The van der Waals surface area contributed by atoms with Gasteiger partial charge in [0.15, 0.2) is 17.2 Å². The number of nitrogens with zero attached hydrogens (tertiary/aromatic N) is 1. The summed E-state index contributed by atoms with van der Waals surface area (Å²) in [6, 6.07) is 17.3. The lowest BCUT2D eigenvalue weighted by Crippen LogP contribution is -2.06. The number of halogens is 4. The Morgan fingerprint density at radius 2 is 1.82 bits per heavy atom. The second kappa shape index (κ2) is 11.6. The monoisotopic (exact) mass is 811 g/mol. The lowest BCUT2D eigenvalue weighted by molar-refractivity contribution is -0.129. The highest BCUT2D eigenvalue weighted by molar-refractivity contribution is 14.1. The van der Waals surface area contributed by atoms with Gasteiger partial charge >= 0.3 is 5.97 Å². The van der Waals surface area contributed by atoms with Crippen molar-refractivity contribution in [2.24, 2.45) is 4.99 Å². The van der Waals surface area contributed by atoms with Crippen molar-refractivity contribution >= 4 is 97.3 Å². The summed E-state index contributed by atoms with van der Waals surface area (Å²) in [4.78, 5) is 16.9. The molecule has 9 heteroatoms. The third kappa shape index (κ3) is 6.24. The second-order valence-corrected chi connectivity index (χ2v) is 11.2. The molecule has 1 heterocycles. The molecule has 3 aromatic rings. The Labute approximate surface area is 243 Å². The fourth-order valence-corrected chi connectivity index (χ4v) is 5.28. The molecule has 0 saturated heterocycles. The lowest BCUT2D eigenvalue weighted by atomic mass is 10.1. The van der Waals surface area contributed by atoms with Gasteiger partial charge in [0.1, 0.15) is 6.61 Å². The second-order valence-electron chi connectivity index (χ2n) is 7.14. The van der Waals surface area contributed by atoms with Crippen LogP contribution in [-0.4, -0.2) is 18.5 Å². The number of hydrogen-bond acceptors (Lipinski definition) is 5. The molecule has 0 amide bonds. The van der Waals surface area contributed by atoms with E-state index in [-0.39, 0.29) is 11.6 Å². The summed E-state index contributed by atoms with van der Waals surface area (Å²) in [6.07, 6.45) is 1.67. The van der Waals surface area contributed by atoms with Crippen LogP contribution in [0.15, 0.2) is 65.3 Å². The van der Waals surface area contributed by atoms with Gasteiger partial charge in [-0.15, -0.1) is 0 Å². The van der Waals surface area contributed by atoms with Crippen molar-refractivity contribution in [1.82, 2.24) is 0 Å². The number of cyclic esters (lactones) is 1. The molecule has 1 aliphatic rings. The van der Waals surface area contributed by atoms with E-state index in [1.165, 1.54) is 0 Å². The van der Waals surface area contributed by atoms with Crippen LogP contribution in [0.1, 0.15) is 23.6 Å². The molecular formula is C25H17ClI3NO4. The molecule has 1 aliphatic heterocycles. The maximum Gasteiger partial charge on any atom is 0.363 e. The molecule has 0 unspecified atom stereocenters. The Hall–Kier alpha value is -1.38. The molecule has 0 spiro atoms. The number of benzene rings is 3. The summed E-state index contributed by atoms with van der Waals surface area (Å²) < 4.78 is 20.3. The smallest absolute Gasteiger partial charge is 0.363 e. The maximum atomic E-state index is 12.5. The van der Waals surface area contributed by atoms with Crippen molar-refractivity contribution in [3.05, 3.63) is 92.7 Å². The molecule has 4 rings (SSSR count). The molecular weight excluding hydrogens is 794 g/mol. The highest BCUT2D eigenvalue weighted by Gasteiger charge is 2.26. The van der Waals surface area contributed by atoms with Crippen molar-refractivity contribution < 1.29 is 19.0 Å². The fourth-order valence-electron chi connectivity index (χ4n) is 3.20. The van der Waals surface area contributed by atoms with E-state index >= 15 is 0 Å². The lowest BCUT2D eigenvalue weighted by Gasteiger charge is -2.15. The number of carbonyl (C=O) groups is 1. The third-order valence-corrected chi connectivity index (χ3v) is 7.16. The van der Waals surface area contributed by atoms with Crippen LogP contribution in [0.4, 0.5) is 0 Å². The molecule has 0 bridgehead atoms. The molecule has 0 atom stereocenters. The van der Waals surface area contributed by atoms with Gasteiger partial charge in [0.2, 0.25) is 5.90 Å². The minimum absolute atomic E-state index is 0.190. The first-order valence-electron chi connectivity index (χ1n) is 10.2. The highest BCUT2D eigenvalue weighted by atomic mass is 127. The van der Waals surface area contributed by atoms with E-state index in [2.05, 4.69) is 78.8 Å². The molecule has 0 fully saturated rings. The zero-order valence-corrected chi connectivity index (χ0v) is 25.0. The van der Waals surface area contributed by atoms with Crippen LogP contribution in [0, 0.1) is 10.7 Å². The summed E-state index contributed by atoms with van der Waals surface area (Å²) in [5, 5.41) is 0.469. The number of ether oxygens (including phenoxy) is 3. The van der Waals surface area contributed by atoms with E-state index in [4.69, 9.17) is 25.8 Å². The van der Waals surface area contributed by atoms with Gasteiger partial charge in [0.25, 0.3) is 0 Å². The molecule has 0 N–H and O–H groups in total. The van der Waals surface area contributed by atoms with Crippen LogP contribution < -0.4 is 9.47 Å². The van der Waals surface area contributed by atoms with Gasteiger partial charge in [-0.2, -0.15) is 0 Å². The van der Waals surface area contributed by atoms with E-state index in [1.807, 2.05) is 49.4 Å². The summed E-state index contributed by atoms with van der Waals surface area (Å²) in [7, 11) is 0. The summed E-state index contributed by atoms with van der Waals surface area (Å²) in [5.74, 6) is 0.921. The minimum atomic E-state index is -0.531. The van der Waals surface area contributed by atoms with Gasteiger partial charge in [-0.25, -0.2) is 9.79 Å². The molecule has 0 aromatic heterocycles. The topological polar surface area (TPSA) is 57.1 Å². The van der Waals surface area contributed by atoms with Crippen LogP contribution in [0.5, 0.6) is 11.5 Å². The number of rotatable bonds is 7. The van der Waals surface area contributed by atoms with E-state index in [0.29, 0.717) is 35.3 Å². The summed E-state index contributed by atoms with van der Waals surface area (Å²) in [6.45, 7) is 2.81. The molecule has 34 heavy (non-hydrogen) atoms. The van der Waals surface area contributed by atoms with Gasteiger partial charge in [-0.1, -0.05) is 23.7 Å². The largest absolute Gasteiger partial charge is 0.490 e. The zero-order chi connectivity index (χ0) is 24.2. The molecule has 5 nitrogen and oxygen atoms in total. The summed E-state index contributed by atoms with van der Waals surface area (Å²) >= 11 is 12.9. The standard InChI is InChI=1S/C25H17ClI3NO4/c1-2-32-22-11-15(9-20(29)23(22)33-13-14-4-3-5-16(27)8-14)10-21-25(31)34-24(30-21)18-12-17(28)6-7-19(18)26/h3-12H,2,13H2,1H3/b21-10-. The Morgan fingerprint density at radius 1 is 1.03 bits per heavy atom. The van der Waals surface area contributed by atoms with E-state index in [9.17, 15) is 4.79 Å². The average Bonchev–Trinajstić information content (AvgIpc) is 3.15. The Bertz CT molecular complexity index is 1320. The number of aliphatic imine (C=N–C) groups is 1. The van der Waals surface area contributed by atoms with Crippen molar-refractivity contribution in [3.63, 3.8) is 0 Å². The quantitative estimate of drug-likeness (QED) is 0.141. The Kier molecular flexibility index (Phi) is 8.75. The number of esters is 1. The first-order chi connectivity index (χ1) is 16.3. The molecule has 0 saturated carbocycles. The normalized spacial score (nSPS) is 14.2. The highest BCUT2D eigenvalue weighted by Crippen LogP contribution is 2.36. The molecule has 3 aromatic carbocycles. The first kappa shape index (κ1) is 25.7. The zero-order valence-electron chi connectivity index (χ0n) is 17.8. The predicted octanol–water partition coefficient (Wildman–Crippen LogP) is 7.48. The van der Waals surface area contributed by atoms with Crippen LogP contribution in [0.2, 0.25) is 5.02 Å². The van der Waals surface area contributed by atoms with Gasteiger partial charge in [-0.05, 0) is 134 Å². The maximum absolute atomic E-state index is 12.5. The fraction of sp³-hybridized carbons (Fsp3) is 0.120. The summed E-state index contributed by atoms with van der Waals surface area (Å²) in [5.41, 5.74) is 2.59. The van der Waals surface area contributed by atoms with Crippen molar-refractivity contribution in [2.75, 3.05) is 6.61 Å². The van der Waals surface area contributed by atoms with E-state index in [0.717, 1.165) is 21.8 Å². The van der Waals surface area contributed by atoms with E-state index in [1.54, 1.807) is 12.1 Å². The van der Waals surface area contributed by atoms with Crippen molar-refractivity contribution in [1.29, 1.82) is 0 Å². The third-order valence-electron chi connectivity index (χ3n) is 4.69. The number of carbonyl (C=O) groups excluding carboxylic acids is 1. The first-order valence-corrected chi connectivity index (χ1v) is 13.8. The Morgan fingerprint density at radius 3 is 2.59 bits per heavy atom. The minimum Gasteiger partial charge on any atom is -0.490 e. The van der Waals surface area contributed by atoms with Crippen molar-refractivity contribution in [2.45, 2.75) is 13.5 Å². The van der Waals surface area contributed by atoms with E-state index < -0.39 is 5.97 Å². The van der Waals surface area contributed by atoms with Crippen molar-refractivity contribution in [3.8, 4) is 11.5 Å². The van der Waals surface area contributed by atoms with Crippen LogP contribution >= 0.6 is 79.4 Å². The predicted molar refractivity (Wildman–Crippen MR) is 159 cm³/mol. The van der Waals surface area contributed by atoms with Gasteiger partial charge in [-0.3, -0.25) is 0 Å². The van der Waals surface area contributed by atoms with Crippen LogP contribution in [0.3, 0.4) is 0 Å². The Balaban J connectivity index is 1.63. The average molecular weight is 812 g/mol. The van der Waals surface area contributed by atoms with Gasteiger partial charge in [0, 0.05) is 7.14 Å². The van der Waals surface area contributed by atoms with Gasteiger partial charge in [0.05, 0.1) is 20.8 Å². The number of hydrogen-bond donors (Lipinski definition) is 0. The van der Waals surface area contributed by atoms with Crippen LogP contribution in [-0.2, 0) is 16.1 Å². The van der Waals surface area contributed by atoms with Crippen LogP contribution in [0.25, 0.3) is 6.08 Å².